The molecule has 0 aliphatic heterocycles. The second-order valence-electron chi connectivity index (χ2n) is 9.99. The minimum Gasteiger partial charge on any atom is -0.504 e. The zero-order valence-corrected chi connectivity index (χ0v) is 24.6. The average molecular weight is 669 g/mol. The van der Waals surface area contributed by atoms with Crippen molar-refractivity contribution in [3.05, 3.63) is 128 Å². The van der Waals surface area contributed by atoms with Crippen LogP contribution in [0.2, 0.25) is 0 Å². The van der Waals surface area contributed by atoms with Gasteiger partial charge in [-0.2, -0.15) is 0 Å². The quantitative estimate of drug-likeness (QED) is 0.0595. The molecule has 224 valence electrons. The van der Waals surface area contributed by atoms with Crippen molar-refractivity contribution in [2.45, 2.75) is 0 Å². The van der Waals surface area contributed by atoms with Crippen LogP contribution in [0.1, 0.15) is 15.9 Å². The highest BCUT2D eigenvalue weighted by Crippen LogP contribution is 2.45. The first kappa shape index (κ1) is 30.4. The molecule has 45 heavy (non-hydrogen) atoms. The van der Waals surface area contributed by atoms with Gasteiger partial charge in [-0.25, -0.2) is 0 Å². The van der Waals surface area contributed by atoms with Crippen molar-refractivity contribution in [2.24, 2.45) is 0 Å². The van der Waals surface area contributed by atoms with E-state index in [0.29, 0.717) is 21.5 Å². The second-order valence-corrected chi connectivity index (χ2v) is 9.99. The van der Waals surface area contributed by atoms with E-state index >= 15 is 0 Å². The predicted octanol–water partition coefficient (Wildman–Crippen LogP) is 7.77. The normalized spacial score (nSPS) is 10.8. The van der Waals surface area contributed by atoms with E-state index in [9.17, 15) is 45.4 Å². The molecule has 6 rings (SSSR count). The first-order chi connectivity index (χ1) is 21.1. The molecule has 0 saturated carbocycles. The summed E-state index contributed by atoms with van der Waals surface area (Å²) in [6, 6.07) is 24.8. The fourth-order valence-corrected chi connectivity index (χ4v) is 5.46. The molecule has 6 aromatic carbocycles. The van der Waals surface area contributed by atoms with Gasteiger partial charge >= 0.3 is 11.4 Å². The minimum atomic E-state index is -0.919. The molecule has 4 N–H and O–H groups in total. The number of hydrogen-bond acceptors (Lipinski definition) is 9. The number of nitro groups is 2. The van der Waals surface area contributed by atoms with E-state index in [4.69, 9.17) is 0 Å². The third-order valence-electron chi connectivity index (χ3n) is 7.46. The van der Waals surface area contributed by atoms with Crippen LogP contribution < -0.4 is 0 Å². The smallest absolute Gasteiger partial charge is 0.315 e. The third kappa shape index (κ3) is 5.12. The van der Waals surface area contributed by atoms with Gasteiger partial charge in [0.2, 0.25) is 11.5 Å². The molecule has 0 bridgehead atoms. The van der Waals surface area contributed by atoms with Gasteiger partial charge in [0.05, 0.1) is 9.85 Å². The molecule has 0 fully saturated rings. The number of aromatic hydroxyl groups is 4. The first-order valence-electron chi connectivity index (χ1n) is 13.1. The van der Waals surface area contributed by atoms with E-state index in [-0.39, 0.29) is 50.4 Å². The van der Waals surface area contributed by atoms with Crippen molar-refractivity contribution in [1.29, 1.82) is 0 Å². The topological polar surface area (TPSA) is 184 Å². The molecular weight excluding hydrogens is 648 g/mol. The molecule has 0 aliphatic rings. The number of nitro benzene ring substituents is 2. The summed E-state index contributed by atoms with van der Waals surface area (Å²) >= 11 is 0. The fraction of sp³-hybridized carbons (Fsp3) is 0. The Hall–Kier alpha value is -6.01. The van der Waals surface area contributed by atoms with Gasteiger partial charge in [-0.05, 0) is 56.9 Å². The van der Waals surface area contributed by atoms with E-state index < -0.39 is 50.0 Å². The standard InChI is InChI=1S/C33H20N2O9.BrH/c36-27-15-19(13-25(32(27)39)34(41)42)29-21-7-3-1-5-17(21)9-11-23(29)31(38)24-12-10-18-6-2-4-8-22(18)30(24)20-14-26(35(43)44)33(40)28(37)16-20;/h1-16,36-37,39-40H;1H. The Balaban J connectivity index is 0.00000400. The summed E-state index contributed by atoms with van der Waals surface area (Å²) in [5.74, 6) is -3.91. The lowest BCUT2D eigenvalue weighted by molar-refractivity contribution is -0.386. The van der Waals surface area contributed by atoms with Gasteiger partial charge < -0.3 is 20.4 Å². The highest BCUT2D eigenvalue weighted by Gasteiger charge is 2.27. The zero-order chi connectivity index (χ0) is 31.3. The molecular formula is C33H21BrN2O9. The number of halogens is 1. The zero-order valence-electron chi connectivity index (χ0n) is 22.9. The maximum absolute atomic E-state index is 14.6. The van der Waals surface area contributed by atoms with Crippen LogP contribution in [-0.4, -0.2) is 36.1 Å². The van der Waals surface area contributed by atoms with E-state index in [1.54, 1.807) is 60.7 Å². The number of fused-ring (bicyclic) bond motifs is 2. The third-order valence-corrected chi connectivity index (χ3v) is 7.46. The number of carbonyl (C=O) groups is 1. The summed E-state index contributed by atoms with van der Waals surface area (Å²) in [6.45, 7) is 0. The summed E-state index contributed by atoms with van der Waals surface area (Å²) in [7, 11) is 0. The van der Waals surface area contributed by atoms with Crippen LogP contribution in [0.15, 0.2) is 97.1 Å². The van der Waals surface area contributed by atoms with Crippen molar-refractivity contribution in [3.8, 4) is 45.3 Å². The lowest BCUT2D eigenvalue weighted by atomic mass is 9.85. The number of rotatable bonds is 6. The van der Waals surface area contributed by atoms with Crippen LogP contribution >= 0.6 is 17.0 Å². The summed E-state index contributed by atoms with van der Waals surface area (Å²) in [6.07, 6.45) is 0. The Morgan fingerprint density at radius 2 is 0.933 bits per heavy atom. The monoisotopic (exact) mass is 668 g/mol. The van der Waals surface area contributed by atoms with E-state index in [0.717, 1.165) is 24.3 Å². The number of phenolic OH excluding ortho intramolecular Hbond substituents is 4. The highest BCUT2D eigenvalue weighted by molar-refractivity contribution is 8.93. The minimum absolute atomic E-state index is 0. The fourth-order valence-electron chi connectivity index (χ4n) is 5.46. The van der Waals surface area contributed by atoms with Gasteiger partial charge in [0.1, 0.15) is 0 Å². The molecule has 6 aromatic rings. The summed E-state index contributed by atoms with van der Waals surface area (Å²) in [5.41, 5.74) is -0.696. The van der Waals surface area contributed by atoms with Crippen molar-refractivity contribution in [1.82, 2.24) is 0 Å². The van der Waals surface area contributed by atoms with Crippen LogP contribution in [0.5, 0.6) is 23.0 Å². The lowest BCUT2D eigenvalue weighted by Gasteiger charge is -2.17. The Bertz CT molecular complexity index is 2060. The number of benzene rings is 6. The van der Waals surface area contributed by atoms with Crippen molar-refractivity contribution in [3.63, 3.8) is 0 Å². The van der Waals surface area contributed by atoms with E-state index in [1.165, 1.54) is 12.1 Å². The molecule has 0 saturated heterocycles. The maximum atomic E-state index is 14.6. The molecule has 0 heterocycles. The van der Waals surface area contributed by atoms with Crippen LogP contribution in [0, 0.1) is 20.2 Å². The number of phenols is 4. The number of carbonyl (C=O) groups excluding carboxylic acids is 1. The molecule has 0 aliphatic carbocycles. The van der Waals surface area contributed by atoms with E-state index in [2.05, 4.69) is 0 Å². The number of ketones is 1. The molecule has 0 radical (unpaired) electrons. The second kappa shape index (κ2) is 11.6. The Morgan fingerprint density at radius 1 is 0.556 bits per heavy atom. The highest BCUT2D eigenvalue weighted by atomic mass is 79.9. The number of nitrogens with zero attached hydrogens (tertiary/aromatic N) is 2. The maximum Gasteiger partial charge on any atom is 0.315 e. The molecule has 0 unspecified atom stereocenters. The predicted molar refractivity (Wildman–Crippen MR) is 172 cm³/mol. The number of hydrogen-bond donors (Lipinski definition) is 4. The van der Waals surface area contributed by atoms with Crippen molar-refractivity contribution < 1.29 is 35.1 Å². The first-order valence-corrected chi connectivity index (χ1v) is 13.1. The molecule has 0 spiro atoms. The van der Waals surface area contributed by atoms with E-state index in [1.807, 2.05) is 0 Å². The van der Waals surface area contributed by atoms with Gasteiger partial charge in [0, 0.05) is 34.4 Å². The Kier molecular flexibility index (Phi) is 7.84. The molecule has 0 atom stereocenters. The summed E-state index contributed by atoms with van der Waals surface area (Å²) < 4.78 is 0. The Morgan fingerprint density at radius 3 is 1.31 bits per heavy atom. The van der Waals surface area contributed by atoms with Gasteiger partial charge in [-0.15, -0.1) is 17.0 Å². The van der Waals surface area contributed by atoms with Gasteiger partial charge in [0.15, 0.2) is 17.3 Å². The molecule has 11 nitrogen and oxygen atoms in total. The van der Waals surface area contributed by atoms with Gasteiger partial charge in [0.25, 0.3) is 0 Å². The molecule has 0 amide bonds. The van der Waals surface area contributed by atoms with Gasteiger partial charge in [-0.3, -0.25) is 25.0 Å². The lowest BCUT2D eigenvalue weighted by Crippen LogP contribution is -2.07. The summed E-state index contributed by atoms with van der Waals surface area (Å²) in [5, 5.41) is 66.9. The van der Waals surface area contributed by atoms with Crippen molar-refractivity contribution in [2.75, 3.05) is 0 Å². The molecule has 0 aromatic heterocycles. The Labute approximate surface area is 263 Å². The van der Waals surface area contributed by atoms with Gasteiger partial charge in [-0.1, -0.05) is 60.7 Å². The SMILES string of the molecule is Br.O=C(c1ccc2ccccc2c1-c1cc(O)c(O)c([N+](=O)[O-])c1)c1ccc2ccccc2c1-c1cc(O)c(O)c([N+](=O)[O-])c1. The summed E-state index contributed by atoms with van der Waals surface area (Å²) in [4.78, 5) is 36.3. The van der Waals surface area contributed by atoms with Crippen LogP contribution in [0.3, 0.4) is 0 Å². The average Bonchev–Trinajstić information content (AvgIpc) is 3.01. The van der Waals surface area contributed by atoms with Crippen LogP contribution in [-0.2, 0) is 0 Å². The van der Waals surface area contributed by atoms with Crippen molar-refractivity contribution >= 4 is 55.7 Å². The largest absolute Gasteiger partial charge is 0.504 e. The van der Waals surface area contributed by atoms with Crippen LogP contribution in [0.25, 0.3) is 43.8 Å². The van der Waals surface area contributed by atoms with Crippen LogP contribution in [0.4, 0.5) is 11.4 Å². The molecule has 12 heteroatoms.